The van der Waals surface area contributed by atoms with Gasteiger partial charge in [-0.1, -0.05) is 13.8 Å². The lowest BCUT2D eigenvalue weighted by Crippen LogP contribution is -2.47. The van der Waals surface area contributed by atoms with E-state index in [4.69, 9.17) is 4.74 Å². The van der Waals surface area contributed by atoms with Gasteiger partial charge in [-0.05, 0) is 12.8 Å². The zero-order valence-electron chi connectivity index (χ0n) is 13.4. The summed E-state index contributed by atoms with van der Waals surface area (Å²) in [5.41, 5.74) is 0. The summed E-state index contributed by atoms with van der Waals surface area (Å²) in [6.07, 6.45) is 0. The van der Waals surface area contributed by atoms with Crippen molar-refractivity contribution in [2.75, 3.05) is 45.6 Å². The first kappa shape index (κ1) is 18.2. The third kappa shape index (κ3) is 6.19. The van der Waals surface area contributed by atoms with Crippen molar-refractivity contribution in [1.29, 1.82) is 0 Å². The summed E-state index contributed by atoms with van der Waals surface area (Å²) in [7, 11) is -1.54. The quantitative estimate of drug-likeness (QED) is 0.526. The molecular formula is C13H28N4O3S. The van der Waals surface area contributed by atoms with Gasteiger partial charge in [-0.15, -0.1) is 0 Å². The van der Waals surface area contributed by atoms with Crippen LogP contribution in [0.15, 0.2) is 4.99 Å². The first-order chi connectivity index (χ1) is 9.86. The predicted molar refractivity (Wildman–Crippen MR) is 85.0 cm³/mol. The zero-order chi connectivity index (χ0) is 15.9. The Kier molecular flexibility index (Phi) is 7.41. The van der Waals surface area contributed by atoms with Gasteiger partial charge < -0.3 is 15.4 Å². The molecule has 1 fully saturated rings. The van der Waals surface area contributed by atoms with Crippen molar-refractivity contribution < 1.29 is 13.2 Å². The number of hydrogen-bond acceptors (Lipinski definition) is 4. The van der Waals surface area contributed by atoms with Crippen LogP contribution in [-0.4, -0.2) is 70.4 Å². The Balaban J connectivity index is 2.40. The Labute approximate surface area is 128 Å². The molecule has 7 nitrogen and oxygen atoms in total. The van der Waals surface area contributed by atoms with Gasteiger partial charge >= 0.3 is 0 Å². The van der Waals surface area contributed by atoms with Gasteiger partial charge in [-0.3, -0.25) is 4.99 Å². The molecule has 1 atom stereocenters. The summed E-state index contributed by atoms with van der Waals surface area (Å²) < 4.78 is 31.0. The minimum atomic E-state index is -3.22. The number of aliphatic imine (C=N–C) groups is 1. The molecule has 0 aromatic carbocycles. The number of hydrogen-bond donors (Lipinski definition) is 2. The molecule has 0 saturated carbocycles. The van der Waals surface area contributed by atoms with Crippen LogP contribution in [-0.2, 0) is 14.8 Å². The molecule has 124 valence electrons. The maximum absolute atomic E-state index is 12.2. The Morgan fingerprint density at radius 1 is 1.29 bits per heavy atom. The van der Waals surface area contributed by atoms with Gasteiger partial charge in [0.1, 0.15) is 0 Å². The Hall–Kier alpha value is -0.860. The monoisotopic (exact) mass is 320 g/mol. The second-order valence-corrected chi connectivity index (χ2v) is 7.59. The summed E-state index contributed by atoms with van der Waals surface area (Å²) in [6, 6.07) is 0.270. The average molecular weight is 320 g/mol. The molecule has 1 aliphatic heterocycles. The number of rotatable bonds is 6. The highest BCUT2D eigenvalue weighted by Crippen LogP contribution is 2.05. The fourth-order valence-corrected chi connectivity index (χ4v) is 3.15. The SMILES string of the molecule is CN=C(NCCS(=O)(=O)N1CCOCC1)NC(C)C(C)C. The number of guanidine groups is 1. The Morgan fingerprint density at radius 3 is 2.43 bits per heavy atom. The van der Waals surface area contributed by atoms with E-state index in [1.165, 1.54) is 4.31 Å². The highest BCUT2D eigenvalue weighted by Gasteiger charge is 2.23. The molecule has 1 rings (SSSR count). The van der Waals surface area contributed by atoms with Crippen LogP contribution in [0.3, 0.4) is 0 Å². The van der Waals surface area contributed by atoms with Crippen LogP contribution in [0.1, 0.15) is 20.8 Å². The lowest BCUT2D eigenvalue weighted by molar-refractivity contribution is 0.0730. The first-order valence-electron chi connectivity index (χ1n) is 7.39. The van der Waals surface area contributed by atoms with E-state index >= 15 is 0 Å². The number of nitrogens with one attached hydrogen (secondary N) is 2. The number of nitrogens with zero attached hydrogens (tertiary/aromatic N) is 2. The molecule has 1 aliphatic rings. The van der Waals surface area contributed by atoms with Crippen LogP contribution >= 0.6 is 0 Å². The van der Waals surface area contributed by atoms with Gasteiger partial charge in [-0.25, -0.2) is 8.42 Å². The van der Waals surface area contributed by atoms with Gasteiger partial charge in [0, 0.05) is 32.7 Å². The van der Waals surface area contributed by atoms with E-state index in [0.29, 0.717) is 44.7 Å². The summed E-state index contributed by atoms with van der Waals surface area (Å²) in [5.74, 6) is 1.16. The summed E-state index contributed by atoms with van der Waals surface area (Å²) >= 11 is 0. The minimum absolute atomic E-state index is 0.0593. The molecule has 21 heavy (non-hydrogen) atoms. The fraction of sp³-hybridized carbons (Fsp3) is 0.923. The molecule has 1 unspecified atom stereocenters. The van der Waals surface area contributed by atoms with E-state index in [0.717, 1.165) is 0 Å². The molecule has 0 aromatic rings. The number of sulfonamides is 1. The predicted octanol–water partition coefficient (Wildman–Crippen LogP) is -0.142. The number of ether oxygens (including phenoxy) is 1. The number of morpholine rings is 1. The normalized spacial score (nSPS) is 19.6. The van der Waals surface area contributed by atoms with Crippen LogP contribution < -0.4 is 10.6 Å². The molecule has 0 spiro atoms. The third-order valence-electron chi connectivity index (χ3n) is 3.60. The molecule has 0 bridgehead atoms. The van der Waals surface area contributed by atoms with Crippen LogP contribution in [0.25, 0.3) is 0 Å². The molecule has 2 N–H and O–H groups in total. The molecular weight excluding hydrogens is 292 g/mol. The molecule has 1 saturated heterocycles. The smallest absolute Gasteiger partial charge is 0.215 e. The average Bonchev–Trinajstić information content (AvgIpc) is 2.46. The van der Waals surface area contributed by atoms with Crippen molar-refractivity contribution >= 4 is 16.0 Å². The van der Waals surface area contributed by atoms with Gasteiger partial charge in [0.25, 0.3) is 0 Å². The van der Waals surface area contributed by atoms with Gasteiger partial charge in [0.05, 0.1) is 19.0 Å². The summed E-state index contributed by atoms with van der Waals surface area (Å²) in [6.45, 7) is 8.48. The van der Waals surface area contributed by atoms with Crippen molar-refractivity contribution in [3.63, 3.8) is 0 Å². The van der Waals surface area contributed by atoms with Crippen molar-refractivity contribution in [3.05, 3.63) is 0 Å². The second-order valence-electron chi connectivity index (χ2n) is 5.50. The largest absolute Gasteiger partial charge is 0.379 e. The Bertz CT molecular complexity index is 431. The topological polar surface area (TPSA) is 83.0 Å². The van der Waals surface area contributed by atoms with E-state index in [2.05, 4.69) is 36.4 Å². The lowest BCUT2D eigenvalue weighted by atomic mass is 10.1. The highest BCUT2D eigenvalue weighted by atomic mass is 32.2. The first-order valence-corrected chi connectivity index (χ1v) is 9.00. The molecule has 0 aromatic heterocycles. The van der Waals surface area contributed by atoms with Crippen molar-refractivity contribution in [1.82, 2.24) is 14.9 Å². The third-order valence-corrected chi connectivity index (χ3v) is 5.48. The Morgan fingerprint density at radius 2 is 1.90 bits per heavy atom. The molecule has 8 heteroatoms. The lowest BCUT2D eigenvalue weighted by Gasteiger charge is -2.26. The highest BCUT2D eigenvalue weighted by molar-refractivity contribution is 7.89. The summed E-state index contributed by atoms with van der Waals surface area (Å²) in [4.78, 5) is 4.11. The second kappa shape index (κ2) is 8.55. The molecule has 0 aliphatic carbocycles. The van der Waals surface area contributed by atoms with Crippen molar-refractivity contribution in [3.8, 4) is 0 Å². The van der Waals surface area contributed by atoms with Crippen LogP contribution in [0.5, 0.6) is 0 Å². The zero-order valence-corrected chi connectivity index (χ0v) is 14.2. The maximum atomic E-state index is 12.2. The maximum Gasteiger partial charge on any atom is 0.215 e. The van der Waals surface area contributed by atoms with Gasteiger partial charge in [-0.2, -0.15) is 4.31 Å². The molecule has 0 amide bonds. The van der Waals surface area contributed by atoms with Crippen molar-refractivity contribution in [2.45, 2.75) is 26.8 Å². The van der Waals surface area contributed by atoms with Gasteiger partial charge in [0.2, 0.25) is 10.0 Å². The summed E-state index contributed by atoms with van der Waals surface area (Å²) in [5, 5.41) is 6.29. The van der Waals surface area contributed by atoms with E-state index in [9.17, 15) is 8.42 Å². The van der Waals surface area contributed by atoms with E-state index < -0.39 is 10.0 Å². The standard InChI is InChI=1S/C13H28N4O3S/c1-11(2)12(3)16-13(14-4)15-5-10-21(18,19)17-6-8-20-9-7-17/h11-12H,5-10H2,1-4H3,(H2,14,15,16). The van der Waals surface area contributed by atoms with Crippen LogP contribution in [0.4, 0.5) is 0 Å². The van der Waals surface area contributed by atoms with E-state index in [1.54, 1.807) is 7.05 Å². The van der Waals surface area contributed by atoms with Crippen LogP contribution in [0.2, 0.25) is 0 Å². The van der Waals surface area contributed by atoms with Crippen molar-refractivity contribution in [2.24, 2.45) is 10.9 Å². The molecule has 0 radical (unpaired) electrons. The molecule has 1 heterocycles. The van der Waals surface area contributed by atoms with Gasteiger partial charge in [0.15, 0.2) is 5.96 Å². The van der Waals surface area contributed by atoms with E-state index in [-0.39, 0.29) is 11.8 Å². The van der Waals surface area contributed by atoms with E-state index in [1.807, 2.05) is 0 Å². The van der Waals surface area contributed by atoms with Crippen LogP contribution in [0, 0.1) is 5.92 Å². The fourth-order valence-electron chi connectivity index (χ4n) is 1.83. The minimum Gasteiger partial charge on any atom is -0.379 e.